The standard InChI is InChI=1S/C22H31N7O.C17H29N/c1-14(25-10-5-11-26-20(23)24)15-6-8-17(9-7-15)29-13-16-12-18(22(2,3)4)27-19(16)28-21(29)30;1-12-10-15(9-7-8-13(2)18)11-16(14(12)3)17(4,5)6/h6-9,12-14,25H,5,10-11H2,1-4H3,(H4,23,24,26)(H,27,28,30);10-11,13H,7-9,18H2,1-6H3/t14-;13-/m00/s1. The molecule has 4 aromatic rings. The summed E-state index contributed by atoms with van der Waals surface area (Å²) in [5.74, 6) is 0.121. The van der Waals surface area contributed by atoms with E-state index in [1.165, 1.54) is 28.7 Å². The van der Waals surface area contributed by atoms with Gasteiger partial charge >= 0.3 is 5.69 Å². The zero-order chi connectivity index (χ0) is 35.8. The molecule has 262 valence electrons. The summed E-state index contributed by atoms with van der Waals surface area (Å²) in [6.07, 6.45) is 6.14. The van der Waals surface area contributed by atoms with E-state index in [4.69, 9.17) is 17.2 Å². The molecule has 0 aliphatic rings. The molecule has 4 rings (SSSR count). The molecule has 0 aliphatic heterocycles. The molecule has 2 aromatic heterocycles. The Morgan fingerprint density at radius 3 is 2.23 bits per heavy atom. The number of rotatable bonds is 11. The molecule has 2 aromatic carbocycles. The lowest BCUT2D eigenvalue weighted by Gasteiger charge is -2.24. The van der Waals surface area contributed by atoms with Gasteiger partial charge in [-0.1, -0.05) is 65.8 Å². The number of nitrogens with zero attached hydrogens (tertiary/aromatic N) is 3. The Morgan fingerprint density at radius 2 is 1.65 bits per heavy atom. The van der Waals surface area contributed by atoms with Crippen molar-refractivity contribution in [3.05, 3.63) is 92.7 Å². The summed E-state index contributed by atoms with van der Waals surface area (Å²) in [4.78, 5) is 24.0. The second-order valence-electron chi connectivity index (χ2n) is 15.3. The Bertz CT molecular complexity index is 1710. The zero-order valence-electron chi connectivity index (χ0n) is 31.0. The van der Waals surface area contributed by atoms with E-state index in [1.54, 1.807) is 4.57 Å². The Balaban J connectivity index is 0.000000297. The second-order valence-corrected chi connectivity index (χ2v) is 15.3. The van der Waals surface area contributed by atoms with Gasteiger partial charge in [0, 0.05) is 41.3 Å². The van der Waals surface area contributed by atoms with Crippen molar-refractivity contribution in [2.24, 2.45) is 22.2 Å². The number of aliphatic imine (C=N–C) groups is 1. The summed E-state index contributed by atoms with van der Waals surface area (Å²) in [5, 5.41) is 4.36. The van der Waals surface area contributed by atoms with Crippen molar-refractivity contribution in [1.29, 1.82) is 0 Å². The molecule has 8 N–H and O–H groups in total. The van der Waals surface area contributed by atoms with Crippen LogP contribution in [0.2, 0.25) is 0 Å². The van der Waals surface area contributed by atoms with Crippen LogP contribution < -0.4 is 28.2 Å². The quantitative estimate of drug-likeness (QED) is 0.0697. The number of aryl methyl sites for hydroxylation is 2. The smallest absolute Gasteiger partial charge is 0.354 e. The van der Waals surface area contributed by atoms with Gasteiger partial charge < -0.3 is 27.5 Å². The Labute approximate surface area is 287 Å². The maximum absolute atomic E-state index is 12.6. The molecule has 0 saturated carbocycles. The average Bonchev–Trinajstić information content (AvgIpc) is 3.41. The highest BCUT2D eigenvalue weighted by Crippen LogP contribution is 2.29. The van der Waals surface area contributed by atoms with E-state index in [2.05, 4.69) is 108 Å². The lowest BCUT2D eigenvalue weighted by molar-refractivity contribution is 0.562. The van der Waals surface area contributed by atoms with Gasteiger partial charge in [0.1, 0.15) is 5.65 Å². The minimum Gasteiger partial charge on any atom is -0.370 e. The first-order valence-electron chi connectivity index (χ1n) is 17.2. The van der Waals surface area contributed by atoms with Gasteiger partial charge in [-0.2, -0.15) is 4.98 Å². The van der Waals surface area contributed by atoms with E-state index in [0.29, 0.717) is 18.2 Å². The first-order valence-corrected chi connectivity index (χ1v) is 17.2. The second kappa shape index (κ2) is 16.4. The molecule has 0 unspecified atom stereocenters. The van der Waals surface area contributed by atoms with E-state index in [1.807, 2.05) is 30.5 Å². The van der Waals surface area contributed by atoms with Gasteiger partial charge in [-0.3, -0.25) is 9.56 Å². The molecular weight excluding hydrogens is 596 g/mol. The van der Waals surface area contributed by atoms with Crippen LogP contribution in [-0.4, -0.2) is 39.6 Å². The van der Waals surface area contributed by atoms with Gasteiger partial charge in [-0.05, 0) is 111 Å². The summed E-state index contributed by atoms with van der Waals surface area (Å²) < 4.78 is 1.58. The monoisotopic (exact) mass is 656 g/mol. The fourth-order valence-corrected chi connectivity index (χ4v) is 5.72. The molecule has 9 nitrogen and oxygen atoms in total. The van der Waals surface area contributed by atoms with E-state index in [-0.39, 0.29) is 28.5 Å². The average molecular weight is 657 g/mol. The molecule has 0 bridgehead atoms. The molecule has 2 heterocycles. The number of aromatic amines is 1. The van der Waals surface area contributed by atoms with Crippen LogP contribution in [-0.2, 0) is 17.3 Å². The largest absolute Gasteiger partial charge is 0.370 e. The lowest BCUT2D eigenvalue weighted by Crippen LogP contribution is -2.24. The van der Waals surface area contributed by atoms with Crippen LogP contribution in [0.1, 0.15) is 114 Å². The number of fused-ring (bicyclic) bond motifs is 1. The van der Waals surface area contributed by atoms with Crippen LogP contribution in [0, 0.1) is 13.8 Å². The maximum Gasteiger partial charge on any atom is 0.354 e. The molecule has 9 heteroatoms. The fraction of sp³-hybridized carbons (Fsp3) is 0.513. The molecule has 0 fully saturated rings. The molecule has 0 amide bonds. The van der Waals surface area contributed by atoms with Crippen molar-refractivity contribution in [2.75, 3.05) is 13.1 Å². The van der Waals surface area contributed by atoms with E-state index >= 15 is 0 Å². The van der Waals surface area contributed by atoms with Crippen molar-refractivity contribution in [1.82, 2.24) is 19.9 Å². The van der Waals surface area contributed by atoms with Crippen LogP contribution >= 0.6 is 0 Å². The van der Waals surface area contributed by atoms with Crippen LogP contribution in [0.25, 0.3) is 16.7 Å². The van der Waals surface area contributed by atoms with E-state index in [0.717, 1.165) is 48.1 Å². The van der Waals surface area contributed by atoms with Crippen molar-refractivity contribution in [3.8, 4) is 5.69 Å². The normalized spacial score (nSPS) is 13.1. The van der Waals surface area contributed by atoms with Gasteiger partial charge in [0.25, 0.3) is 0 Å². The number of nitrogens with one attached hydrogen (secondary N) is 2. The third kappa shape index (κ3) is 11.1. The lowest BCUT2D eigenvalue weighted by atomic mass is 9.81. The topological polar surface area (TPSA) is 153 Å². The Hall–Kier alpha value is -3.95. The Kier molecular flexibility index (Phi) is 13.2. The molecule has 0 saturated heterocycles. The van der Waals surface area contributed by atoms with Crippen molar-refractivity contribution in [2.45, 2.75) is 118 Å². The third-order valence-electron chi connectivity index (χ3n) is 8.73. The number of aromatic nitrogens is 3. The summed E-state index contributed by atoms with van der Waals surface area (Å²) in [7, 11) is 0. The highest BCUT2D eigenvalue weighted by atomic mass is 16.1. The molecule has 2 atom stereocenters. The number of benzene rings is 2. The van der Waals surface area contributed by atoms with Crippen LogP contribution in [0.5, 0.6) is 0 Å². The number of guanidine groups is 1. The molecule has 0 radical (unpaired) electrons. The fourth-order valence-electron chi connectivity index (χ4n) is 5.72. The minimum atomic E-state index is -0.302. The van der Waals surface area contributed by atoms with Crippen molar-refractivity contribution in [3.63, 3.8) is 0 Å². The summed E-state index contributed by atoms with van der Waals surface area (Å²) >= 11 is 0. The number of H-pyrrole nitrogens is 1. The SMILES string of the molecule is C[C@H](NCCCN=C(N)N)c1ccc(-n2cc3cc(C(C)(C)C)[nH]c3nc2=O)cc1.Cc1cc(CCC[C@H](C)N)cc(C(C)(C)C)c1C. The summed E-state index contributed by atoms with van der Waals surface area (Å²) in [6, 6.07) is 15.2. The predicted molar refractivity (Wildman–Crippen MR) is 203 cm³/mol. The molecule has 0 aliphatic carbocycles. The summed E-state index contributed by atoms with van der Waals surface area (Å²) in [5.41, 5.74) is 25.8. The highest BCUT2D eigenvalue weighted by Gasteiger charge is 2.19. The highest BCUT2D eigenvalue weighted by molar-refractivity contribution is 5.76. The van der Waals surface area contributed by atoms with Crippen molar-refractivity contribution < 1.29 is 0 Å². The van der Waals surface area contributed by atoms with Gasteiger partial charge in [0.05, 0.1) is 5.69 Å². The maximum atomic E-state index is 12.6. The number of nitrogens with two attached hydrogens (primary N) is 3. The van der Waals surface area contributed by atoms with E-state index < -0.39 is 0 Å². The van der Waals surface area contributed by atoms with Gasteiger partial charge in [0.2, 0.25) is 0 Å². The van der Waals surface area contributed by atoms with Crippen LogP contribution in [0.4, 0.5) is 0 Å². The predicted octanol–water partition coefficient (Wildman–Crippen LogP) is 6.60. The Morgan fingerprint density at radius 1 is 0.979 bits per heavy atom. The van der Waals surface area contributed by atoms with Crippen molar-refractivity contribution >= 4 is 17.0 Å². The molecule has 0 spiro atoms. The minimum absolute atomic E-state index is 0.0390. The van der Waals surface area contributed by atoms with Gasteiger partial charge in [-0.15, -0.1) is 0 Å². The third-order valence-corrected chi connectivity index (χ3v) is 8.73. The first-order chi connectivity index (χ1) is 22.4. The zero-order valence-corrected chi connectivity index (χ0v) is 31.0. The molecular formula is C39H60N8O. The van der Waals surface area contributed by atoms with E-state index in [9.17, 15) is 4.79 Å². The number of hydrogen-bond donors (Lipinski definition) is 5. The van der Waals surface area contributed by atoms with Crippen LogP contribution in [0.15, 0.2) is 58.4 Å². The van der Waals surface area contributed by atoms with Crippen LogP contribution in [0.3, 0.4) is 0 Å². The number of hydrogen-bond acceptors (Lipinski definition) is 5. The van der Waals surface area contributed by atoms with Gasteiger partial charge in [-0.25, -0.2) is 4.79 Å². The first kappa shape index (κ1) is 38.5. The molecule has 48 heavy (non-hydrogen) atoms. The van der Waals surface area contributed by atoms with Gasteiger partial charge in [0.15, 0.2) is 5.96 Å². The summed E-state index contributed by atoms with van der Waals surface area (Å²) in [6.45, 7) is 23.3.